The Balaban J connectivity index is 2.28. The second-order valence-electron chi connectivity index (χ2n) is 4.01. The maximum absolute atomic E-state index is 12.2. The van der Waals surface area contributed by atoms with Gasteiger partial charge >= 0.3 is 0 Å². The molecule has 1 heterocycles. The first kappa shape index (κ1) is 13.4. The molecule has 19 heavy (non-hydrogen) atoms. The van der Waals surface area contributed by atoms with Gasteiger partial charge in [0.15, 0.2) is 5.15 Å². The van der Waals surface area contributed by atoms with Gasteiger partial charge in [0.1, 0.15) is 5.75 Å². The summed E-state index contributed by atoms with van der Waals surface area (Å²) in [5, 5.41) is 2.99. The molecule has 0 fully saturated rings. The Morgan fingerprint density at radius 2 is 2.11 bits per heavy atom. The van der Waals surface area contributed by atoms with E-state index in [4.69, 9.17) is 16.3 Å². The van der Waals surface area contributed by atoms with Gasteiger partial charge in [-0.1, -0.05) is 23.7 Å². The summed E-state index contributed by atoms with van der Waals surface area (Å²) in [6, 6.07) is 8.75. The standard InChI is InChI=1S/C14H13ClN2O2/c1-9-7-11(13(15)16-8-9)17-14(18)10-5-3-4-6-12(10)19-2/h3-8H,1-2H3,(H,17,18). The van der Waals surface area contributed by atoms with Crippen LogP contribution in [0.3, 0.4) is 0 Å². The zero-order chi connectivity index (χ0) is 13.8. The van der Waals surface area contributed by atoms with Crippen molar-refractivity contribution in [2.24, 2.45) is 0 Å². The van der Waals surface area contributed by atoms with Crippen LogP contribution >= 0.6 is 11.6 Å². The van der Waals surface area contributed by atoms with E-state index in [1.165, 1.54) is 7.11 Å². The van der Waals surface area contributed by atoms with E-state index < -0.39 is 0 Å². The third-order valence-corrected chi connectivity index (χ3v) is 2.88. The minimum Gasteiger partial charge on any atom is -0.496 e. The van der Waals surface area contributed by atoms with Gasteiger partial charge in [-0.3, -0.25) is 4.79 Å². The molecule has 0 saturated carbocycles. The highest BCUT2D eigenvalue weighted by molar-refractivity contribution is 6.32. The number of hydrogen-bond acceptors (Lipinski definition) is 3. The zero-order valence-electron chi connectivity index (χ0n) is 10.6. The molecule has 5 heteroatoms. The van der Waals surface area contributed by atoms with Crippen molar-refractivity contribution in [1.29, 1.82) is 0 Å². The van der Waals surface area contributed by atoms with Gasteiger partial charge in [-0.2, -0.15) is 0 Å². The molecule has 0 aliphatic heterocycles. The van der Waals surface area contributed by atoms with Gasteiger partial charge in [-0.25, -0.2) is 4.98 Å². The van der Waals surface area contributed by atoms with Gasteiger partial charge in [0.25, 0.3) is 5.91 Å². The summed E-state index contributed by atoms with van der Waals surface area (Å²) < 4.78 is 5.15. The van der Waals surface area contributed by atoms with Gasteiger partial charge in [-0.05, 0) is 30.7 Å². The van der Waals surface area contributed by atoms with Crippen LogP contribution < -0.4 is 10.1 Å². The predicted molar refractivity (Wildman–Crippen MR) is 74.9 cm³/mol. The van der Waals surface area contributed by atoms with Gasteiger partial charge in [0.05, 0.1) is 18.4 Å². The Kier molecular flexibility index (Phi) is 4.02. The maximum Gasteiger partial charge on any atom is 0.259 e. The minimum atomic E-state index is -0.285. The van der Waals surface area contributed by atoms with Crippen molar-refractivity contribution >= 4 is 23.2 Å². The molecule has 1 N–H and O–H groups in total. The van der Waals surface area contributed by atoms with Gasteiger partial charge in [0, 0.05) is 6.20 Å². The molecule has 1 aromatic heterocycles. The number of hydrogen-bond donors (Lipinski definition) is 1. The highest BCUT2D eigenvalue weighted by Crippen LogP contribution is 2.23. The van der Waals surface area contributed by atoms with Crippen molar-refractivity contribution in [2.45, 2.75) is 6.92 Å². The number of aromatic nitrogens is 1. The van der Waals surface area contributed by atoms with Crippen molar-refractivity contribution in [2.75, 3.05) is 12.4 Å². The van der Waals surface area contributed by atoms with E-state index in [0.29, 0.717) is 17.0 Å². The number of amides is 1. The largest absolute Gasteiger partial charge is 0.496 e. The highest BCUT2D eigenvalue weighted by atomic mass is 35.5. The SMILES string of the molecule is COc1ccccc1C(=O)Nc1cc(C)cnc1Cl. The molecule has 2 aromatic rings. The molecule has 0 aliphatic carbocycles. The molecule has 0 spiro atoms. The molecule has 0 atom stereocenters. The van der Waals surface area contributed by atoms with Crippen molar-refractivity contribution in [3.8, 4) is 5.75 Å². The van der Waals surface area contributed by atoms with Crippen molar-refractivity contribution in [1.82, 2.24) is 4.98 Å². The number of para-hydroxylation sites is 1. The summed E-state index contributed by atoms with van der Waals surface area (Å²) in [5.41, 5.74) is 1.85. The normalized spacial score (nSPS) is 10.1. The van der Waals surface area contributed by atoms with Gasteiger partial charge < -0.3 is 10.1 Å². The molecule has 0 radical (unpaired) electrons. The lowest BCUT2D eigenvalue weighted by atomic mass is 10.2. The van der Waals surface area contributed by atoms with E-state index in [0.717, 1.165) is 5.56 Å². The van der Waals surface area contributed by atoms with E-state index in [2.05, 4.69) is 10.3 Å². The third-order valence-electron chi connectivity index (χ3n) is 2.58. The van der Waals surface area contributed by atoms with E-state index >= 15 is 0 Å². The van der Waals surface area contributed by atoms with Crippen molar-refractivity contribution in [3.05, 3.63) is 52.8 Å². The summed E-state index contributed by atoms with van der Waals surface area (Å²) in [6.07, 6.45) is 1.64. The zero-order valence-corrected chi connectivity index (χ0v) is 11.4. The van der Waals surface area contributed by atoms with Crippen LogP contribution in [-0.4, -0.2) is 18.0 Å². The molecule has 1 amide bonds. The summed E-state index contributed by atoms with van der Waals surface area (Å²) >= 11 is 5.94. The summed E-state index contributed by atoms with van der Waals surface area (Å²) in [6.45, 7) is 1.88. The number of methoxy groups -OCH3 is 1. The molecular weight excluding hydrogens is 264 g/mol. The molecule has 2 rings (SSSR count). The van der Waals surface area contributed by atoms with Crippen LogP contribution in [0.5, 0.6) is 5.75 Å². The lowest BCUT2D eigenvalue weighted by molar-refractivity contribution is 0.102. The number of aryl methyl sites for hydroxylation is 1. The number of anilines is 1. The van der Waals surface area contributed by atoms with Gasteiger partial charge in [0.2, 0.25) is 0 Å². The summed E-state index contributed by atoms with van der Waals surface area (Å²) in [5.74, 6) is 0.225. The first-order chi connectivity index (χ1) is 9.11. The molecule has 1 aromatic carbocycles. The Hall–Kier alpha value is -2.07. The molecule has 98 valence electrons. The Morgan fingerprint density at radius 3 is 2.84 bits per heavy atom. The molecule has 0 bridgehead atoms. The number of nitrogens with zero attached hydrogens (tertiary/aromatic N) is 1. The van der Waals surface area contributed by atoms with Gasteiger partial charge in [-0.15, -0.1) is 0 Å². The van der Waals surface area contributed by atoms with E-state index in [1.54, 1.807) is 36.5 Å². The van der Waals surface area contributed by atoms with Crippen LogP contribution in [0.2, 0.25) is 5.15 Å². The number of pyridine rings is 1. The average Bonchev–Trinajstić information content (AvgIpc) is 2.42. The predicted octanol–water partition coefficient (Wildman–Crippen LogP) is 3.30. The fraction of sp³-hybridized carbons (Fsp3) is 0.143. The van der Waals surface area contributed by atoms with E-state index in [9.17, 15) is 4.79 Å². The van der Waals surface area contributed by atoms with Crippen molar-refractivity contribution in [3.63, 3.8) is 0 Å². The molecule has 0 saturated heterocycles. The lowest BCUT2D eigenvalue weighted by Gasteiger charge is -2.10. The highest BCUT2D eigenvalue weighted by Gasteiger charge is 2.13. The van der Waals surface area contributed by atoms with E-state index in [-0.39, 0.29) is 11.1 Å². The first-order valence-corrected chi connectivity index (χ1v) is 6.06. The fourth-order valence-electron chi connectivity index (χ4n) is 1.66. The maximum atomic E-state index is 12.2. The van der Waals surface area contributed by atoms with E-state index in [1.807, 2.05) is 6.92 Å². The number of ether oxygens (including phenoxy) is 1. The quantitative estimate of drug-likeness (QED) is 0.875. The fourth-order valence-corrected chi connectivity index (χ4v) is 1.81. The summed E-state index contributed by atoms with van der Waals surface area (Å²) in [4.78, 5) is 16.2. The van der Waals surface area contributed by atoms with Crippen LogP contribution in [0.4, 0.5) is 5.69 Å². The van der Waals surface area contributed by atoms with Crippen molar-refractivity contribution < 1.29 is 9.53 Å². The number of carbonyl (C=O) groups excluding carboxylic acids is 1. The summed E-state index contributed by atoms with van der Waals surface area (Å²) in [7, 11) is 1.52. The Bertz CT molecular complexity index is 614. The number of halogens is 1. The smallest absolute Gasteiger partial charge is 0.259 e. The second kappa shape index (κ2) is 5.71. The second-order valence-corrected chi connectivity index (χ2v) is 4.36. The molecule has 4 nitrogen and oxygen atoms in total. The lowest BCUT2D eigenvalue weighted by Crippen LogP contribution is -2.13. The molecule has 0 aliphatic rings. The molecular formula is C14H13ClN2O2. The first-order valence-electron chi connectivity index (χ1n) is 5.68. The van der Waals surface area contributed by atoms with Crippen LogP contribution in [0.25, 0.3) is 0 Å². The number of nitrogens with one attached hydrogen (secondary N) is 1. The number of carbonyl (C=O) groups is 1. The minimum absolute atomic E-state index is 0.258. The third kappa shape index (κ3) is 3.03. The Labute approximate surface area is 116 Å². The van der Waals surface area contributed by atoms with Crippen LogP contribution in [0.15, 0.2) is 36.5 Å². The van der Waals surface area contributed by atoms with Crippen LogP contribution in [0.1, 0.15) is 15.9 Å². The number of rotatable bonds is 3. The topological polar surface area (TPSA) is 51.2 Å². The van der Waals surface area contributed by atoms with Crippen LogP contribution in [0, 0.1) is 6.92 Å². The Morgan fingerprint density at radius 1 is 1.37 bits per heavy atom. The molecule has 0 unspecified atom stereocenters. The monoisotopic (exact) mass is 276 g/mol. The average molecular weight is 277 g/mol. The van der Waals surface area contributed by atoms with Crippen LogP contribution in [-0.2, 0) is 0 Å². The number of benzene rings is 1.